The second kappa shape index (κ2) is 4.48. The molecular weight excluding hydrogens is 236 g/mol. The molecule has 0 fully saturated rings. The number of benzene rings is 1. The first-order valence-electron chi connectivity index (χ1n) is 6.28. The molecule has 19 heavy (non-hydrogen) atoms. The highest BCUT2D eigenvalue weighted by atomic mass is 15.2. The summed E-state index contributed by atoms with van der Waals surface area (Å²) < 4.78 is 1.79. The van der Waals surface area contributed by atoms with Crippen molar-refractivity contribution >= 4 is 10.9 Å². The summed E-state index contributed by atoms with van der Waals surface area (Å²) in [6.07, 6.45) is 5.71. The van der Waals surface area contributed by atoms with Gasteiger partial charge in [-0.25, -0.2) is 0 Å². The van der Waals surface area contributed by atoms with E-state index in [4.69, 9.17) is 5.73 Å². The fourth-order valence-corrected chi connectivity index (χ4v) is 2.16. The number of hydrogen-bond donors (Lipinski definition) is 1. The predicted molar refractivity (Wildman–Crippen MR) is 76.5 cm³/mol. The minimum Gasteiger partial charge on any atom is -0.324 e. The molecule has 4 nitrogen and oxygen atoms in total. The molecule has 2 N–H and O–H groups in total. The van der Waals surface area contributed by atoms with Crippen LogP contribution in [-0.2, 0) is 7.05 Å². The molecule has 1 aromatic carbocycles. The summed E-state index contributed by atoms with van der Waals surface area (Å²) in [5.74, 6) is 0. The maximum Gasteiger partial charge on any atom is 0.0702 e. The van der Waals surface area contributed by atoms with E-state index >= 15 is 0 Å². The van der Waals surface area contributed by atoms with Crippen LogP contribution in [0.1, 0.15) is 18.5 Å². The first-order valence-corrected chi connectivity index (χ1v) is 6.28. The normalized spacial score (nSPS) is 12.8. The average molecular weight is 252 g/mol. The van der Waals surface area contributed by atoms with Crippen LogP contribution in [0.5, 0.6) is 0 Å². The lowest BCUT2D eigenvalue weighted by Gasteiger charge is -2.07. The second-order valence-corrected chi connectivity index (χ2v) is 4.87. The molecule has 3 aromatic rings. The van der Waals surface area contributed by atoms with Crippen LogP contribution < -0.4 is 5.73 Å². The van der Waals surface area contributed by atoms with E-state index in [2.05, 4.69) is 22.2 Å². The van der Waals surface area contributed by atoms with Gasteiger partial charge in [-0.15, -0.1) is 0 Å². The number of hydrogen-bond acceptors (Lipinski definition) is 3. The molecule has 0 aliphatic heterocycles. The summed E-state index contributed by atoms with van der Waals surface area (Å²) in [5, 5.41) is 5.30. The zero-order valence-electron chi connectivity index (χ0n) is 11.0. The van der Waals surface area contributed by atoms with Crippen LogP contribution in [-0.4, -0.2) is 14.8 Å². The lowest BCUT2D eigenvalue weighted by Crippen LogP contribution is -2.04. The van der Waals surface area contributed by atoms with Gasteiger partial charge < -0.3 is 5.73 Å². The topological polar surface area (TPSA) is 56.7 Å². The minimum absolute atomic E-state index is 0.0337. The molecule has 2 heterocycles. The number of nitrogens with two attached hydrogens (primary N) is 1. The lowest BCUT2D eigenvalue weighted by atomic mass is 10.0. The highest BCUT2D eigenvalue weighted by Crippen LogP contribution is 2.24. The Balaban J connectivity index is 2.13. The summed E-state index contributed by atoms with van der Waals surface area (Å²) in [5.41, 5.74) is 10.2. The van der Waals surface area contributed by atoms with Crippen molar-refractivity contribution in [2.45, 2.75) is 13.0 Å². The van der Waals surface area contributed by atoms with Crippen LogP contribution >= 0.6 is 0 Å². The Morgan fingerprint density at radius 2 is 2.00 bits per heavy atom. The molecule has 2 aromatic heterocycles. The molecule has 0 aliphatic rings. The Bertz CT molecular complexity index is 728. The third kappa shape index (κ3) is 2.22. The van der Waals surface area contributed by atoms with Gasteiger partial charge in [0.2, 0.25) is 0 Å². The Labute approximate surface area is 111 Å². The molecule has 0 amide bonds. The number of pyridine rings is 1. The zero-order valence-corrected chi connectivity index (χ0v) is 11.0. The van der Waals surface area contributed by atoms with Gasteiger partial charge in [-0.2, -0.15) is 5.10 Å². The molecule has 4 heteroatoms. The van der Waals surface area contributed by atoms with Crippen molar-refractivity contribution in [2.24, 2.45) is 12.8 Å². The van der Waals surface area contributed by atoms with Crippen molar-refractivity contribution in [1.29, 1.82) is 0 Å². The zero-order chi connectivity index (χ0) is 13.4. The molecule has 0 saturated carbocycles. The first-order chi connectivity index (χ1) is 9.13. The second-order valence-electron chi connectivity index (χ2n) is 4.87. The summed E-state index contributed by atoms with van der Waals surface area (Å²) in [6.45, 7) is 1.99. The van der Waals surface area contributed by atoms with Gasteiger partial charge in [-0.3, -0.25) is 9.67 Å². The average Bonchev–Trinajstić information content (AvgIpc) is 2.84. The van der Waals surface area contributed by atoms with E-state index in [9.17, 15) is 0 Å². The molecule has 1 atom stereocenters. The smallest absolute Gasteiger partial charge is 0.0702 e. The SMILES string of the molecule is CC(N)c1ccc2ncc(-c3cnn(C)c3)cc2c1. The summed E-state index contributed by atoms with van der Waals surface area (Å²) in [7, 11) is 1.91. The largest absolute Gasteiger partial charge is 0.324 e. The van der Waals surface area contributed by atoms with E-state index in [-0.39, 0.29) is 6.04 Å². The molecule has 1 unspecified atom stereocenters. The molecule has 0 bridgehead atoms. The van der Waals surface area contributed by atoms with Gasteiger partial charge in [-0.05, 0) is 30.7 Å². The molecule has 3 rings (SSSR count). The summed E-state index contributed by atoms with van der Waals surface area (Å²) in [4.78, 5) is 4.49. The van der Waals surface area contributed by atoms with Gasteiger partial charge in [0.1, 0.15) is 0 Å². The van der Waals surface area contributed by atoms with E-state index in [1.54, 1.807) is 4.68 Å². The molecule has 96 valence electrons. The summed E-state index contributed by atoms with van der Waals surface area (Å²) >= 11 is 0. The predicted octanol–water partition coefficient (Wildman–Crippen LogP) is 2.66. The van der Waals surface area contributed by atoms with Crippen LogP contribution in [0.25, 0.3) is 22.0 Å². The molecule has 0 saturated heterocycles. The fourth-order valence-electron chi connectivity index (χ4n) is 2.16. The Kier molecular flexibility index (Phi) is 2.80. The maximum atomic E-state index is 5.92. The number of aryl methyl sites for hydroxylation is 1. The fraction of sp³-hybridized carbons (Fsp3) is 0.200. The number of aromatic nitrogens is 3. The van der Waals surface area contributed by atoms with Crippen molar-refractivity contribution < 1.29 is 0 Å². The van der Waals surface area contributed by atoms with Gasteiger partial charge in [-0.1, -0.05) is 6.07 Å². The highest BCUT2D eigenvalue weighted by molar-refractivity contribution is 5.84. The van der Waals surface area contributed by atoms with Crippen molar-refractivity contribution in [2.75, 3.05) is 0 Å². The van der Waals surface area contributed by atoms with Gasteiger partial charge in [0, 0.05) is 42.0 Å². The Morgan fingerprint density at radius 3 is 2.68 bits per heavy atom. The number of rotatable bonds is 2. The Hall–Kier alpha value is -2.20. The Morgan fingerprint density at radius 1 is 1.16 bits per heavy atom. The van der Waals surface area contributed by atoms with E-state index < -0.39 is 0 Å². The minimum atomic E-state index is 0.0337. The van der Waals surface area contributed by atoms with Crippen LogP contribution in [0.3, 0.4) is 0 Å². The quantitative estimate of drug-likeness (QED) is 0.762. The van der Waals surface area contributed by atoms with Gasteiger partial charge in [0.15, 0.2) is 0 Å². The van der Waals surface area contributed by atoms with Gasteiger partial charge in [0.05, 0.1) is 11.7 Å². The molecule has 0 radical (unpaired) electrons. The van der Waals surface area contributed by atoms with E-state index in [1.165, 1.54) is 0 Å². The van der Waals surface area contributed by atoms with Crippen LogP contribution in [0.2, 0.25) is 0 Å². The van der Waals surface area contributed by atoms with Crippen LogP contribution in [0.4, 0.5) is 0 Å². The first kappa shape index (κ1) is 11.9. The molecule has 0 aliphatic carbocycles. The summed E-state index contributed by atoms with van der Waals surface area (Å²) in [6, 6.07) is 8.31. The third-order valence-corrected chi connectivity index (χ3v) is 3.27. The highest BCUT2D eigenvalue weighted by Gasteiger charge is 2.05. The van der Waals surface area contributed by atoms with Crippen LogP contribution in [0.15, 0.2) is 42.9 Å². The standard InChI is InChI=1S/C15H16N4/c1-10(16)11-3-4-15-12(5-11)6-13(7-17-15)14-8-18-19(2)9-14/h3-10H,16H2,1-2H3. The van der Waals surface area contributed by atoms with Crippen molar-refractivity contribution in [3.05, 3.63) is 48.4 Å². The van der Waals surface area contributed by atoms with Crippen molar-refractivity contribution in [3.63, 3.8) is 0 Å². The van der Waals surface area contributed by atoms with E-state index in [1.807, 2.05) is 44.7 Å². The molecule has 0 spiro atoms. The lowest BCUT2D eigenvalue weighted by molar-refractivity contribution is 0.768. The van der Waals surface area contributed by atoms with E-state index in [0.717, 1.165) is 27.6 Å². The van der Waals surface area contributed by atoms with Crippen molar-refractivity contribution in [1.82, 2.24) is 14.8 Å². The van der Waals surface area contributed by atoms with E-state index in [0.29, 0.717) is 0 Å². The monoisotopic (exact) mass is 252 g/mol. The number of nitrogens with zero attached hydrogens (tertiary/aromatic N) is 3. The van der Waals surface area contributed by atoms with Gasteiger partial charge in [0.25, 0.3) is 0 Å². The van der Waals surface area contributed by atoms with Crippen molar-refractivity contribution in [3.8, 4) is 11.1 Å². The maximum absolute atomic E-state index is 5.92. The third-order valence-electron chi connectivity index (χ3n) is 3.27. The molecular formula is C15H16N4. The van der Waals surface area contributed by atoms with Gasteiger partial charge >= 0.3 is 0 Å². The van der Waals surface area contributed by atoms with Crippen LogP contribution in [0, 0.1) is 0 Å². The number of fused-ring (bicyclic) bond motifs is 1.